The van der Waals surface area contributed by atoms with Gasteiger partial charge in [-0.15, -0.1) is 0 Å². The summed E-state index contributed by atoms with van der Waals surface area (Å²) in [6.07, 6.45) is 19.8. The van der Waals surface area contributed by atoms with E-state index >= 15 is 0 Å². The van der Waals surface area contributed by atoms with Crippen LogP contribution in [0.5, 0.6) is 0 Å². The van der Waals surface area contributed by atoms with Crippen molar-refractivity contribution in [3.8, 4) is 0 Å². The van der Waals surface area contributed by atoms with Gasteiger partial charge in [-0.05, 0) is 116 Å². The molecule has 0 nitrogen and oxygen atoms in total. The molecule has 0 unspecified atom stereocenters. The van der Waals surface area contributed by atoms with E-state index in [1.807, 2.05) is 0 Å². The highest BCUT2D eigenvalue weighted by molar-refractivity contribution is 5.09. The number of rotatable bonds is 6. The highest BCUT2D eigenvalue weighted by Crippen LogP contribution is 2.68. The van der Waals surface area contributed by atoms with Crippen molar-refractivity contribution in [2.75, 3.05) is 0 Å². The third-order valence-corrected chi connectivity index (χ3v) is 11.8. The SMILES string of the molecule is CC[C@H](CC[C@@H](C)[C@H]1CC[C@@H]2[C@@H]3CC[C@H]4CCCC[C@]4(C)[C@H]3CC[C@@]21C)C(C)C. The molecule has 4 aliphatic carbocycles. The summed E-state index contributed by atoms with van der Waals surface area (Å²) in [4.78, 5) is 0. The van der Waals surface area contributed by atoms with Gasteiger partial charge in [-0.3, -0.25) is 0 Å². The van der Waals surface area contributed by atoms with Crippen LogP contribution in [0.25, 0.3) is 0 Å². The molecule has 168 valence electrons. The van der Waals surface area contributed by atoms with E-state index in [0.717, 1.165) is 47.3 Å². The largest absolute Gasteiger partial charge is 0.0651 e. The van der Waals surface area contributed by atoms with Gasteiger partial charge in [0, 0.05) is 0 Å². The monoisotopic (exact) mass is 400 g/mol. The first-order valence-electron chi connectivity index (χ1n) is 13.8. The molecule has 4 fully saturated rings. The van der Waals surface area contributed by atoms with Crippen molar-refractivity contribution >= 4 is 0 Å². The molecule has 9 atom stereocenters. The highest BCUT2D eigenvalue weighted by atomic mass is 14.6. The quantitative estimate of drug-likeness (QED) is 0.417. The van der Waals surface area contributed by atoms with E-state index in [4.69, 9.17) is 0 Å². The van der Waals surface area contributed by atoms with E-state index in [1.165, 1.54) is 32.1 Å². The van der Waals surface area contributed by atoms with Crippen LogP contribution in [0.4, 0.5) is 0 Å². The van der Waals surface area contributed by atoms with Gasteiger partial charge < -0.3 is 0 Å². The van der Waals surface area contributed by atoms with Crippen molar-refractivity contribution in [3.63, 3.8) is 0 Å². The van der Waals surface area contributed by atoms with Gasteiger partial charge in [-0.25, -0.2) is 0 Å². The third kappa shape index (κ3) is 3.75. The van der Waals surface area contributed by atoms with Crippen molar-refractivity contribution < 1.29 is 0 Å². The molecule has 0 spiro atoms. The Bertz CT molecular complexity index is 548. The van der Waals surface area contributed by atoms with E-state index in [9.17, 15) is 0 Å². The van der Waals surface area contributed by atoms with Crippen LogP contribution in [0.3, 0.4) is 0 Å². The molecule has 0 N–H and O–H groups in total. The van der Waals surface area contributed by atoms with Crippen molar-refractivity contribution in [3.05, 3.63) is 0 Å². The minimum Gasteiger partial charge on any atom is -0.0651 e. The summed E-state index contributed by atoms with van der Waals surface area (Å²) >= 11 is 0. The molecule has 0 radical (unpaired) electrons. The van der Waals surface area contributed by atoms with Gasteiger partial charge in [0.2, 0.25) is 0 Å². The van der Waals surface area contributed by atoms with Crippen LogP contribution in [-0.2, 0) is 0 Å². The first kappa shape index (κ1) is 22.2. The maximum atomic E-state index is 2.76. The summed E-state index contributed by atoms with van der Waals surface area (Å²) in [5.41, 5.74) is 1.37. The van der Waals surface area contributed by atoms with Crippen molar-refractivity contribution in [1.29, 1.82) is 0 Å². The Hall–Kier alpha value is 0. The zero-order valence-electron chi connectivity index (χ0n) is 20.8. The Balaban J connectivity index is 1.45. The second-order valence-electron chi connectivity index (χ2n) is 13.1. The smallest absolute Gasteiger partial charge is 0.0264 e. The van der Waals surface area contributed by atoms with Gasteiger partial charge in [-0.2, -0.15) is 0 Å². The summed E-state index contributed by atoms with van der Waals surface area (Å²) in [6, 6.07) is 0. The van der Waals surface area contributed by atoms with Gasteiger partial charge >= 0.3 is 0 Å². The molecule has 29 heavy (non-hydrogen) atoms. The summed E-state index contributed by atoms with van der Waals surface area (Å²) < 4.78 is 0. The molecule has 4 aliphatic rings. The lowest BCUT2D eigenvalue weighted by Gasteiger charge is -2.61. The second-order valence-corrected chi connectivity index (χ2v) is 13.1. The lowest BCUT2D eigenvalue weighted by molar-refractivity contribution is -0.114. The van der Waals surface area contributed by atoms with Crippen LogP contribution in [-0.4, -0.2) is 0 Å². The first-order chi connectivity index (χ1) is 13.8. The lowest BCUT2D eigenvalue weighted by Crippen LogP contribution is -2.53. The van der Waals surface area contributed by atoms with Crippen LogP contribution >= 0.6 is 0 Å². The zero-order valence-corrected chi connectivity index (χ0v) is 20.8. The Kier molecular flexibility index (Phi) is 6.51. The fourth-order valence-corrected chi connectivity index (χ4v) is 9.96. The van der Waals surface area contributed by atoms with Gasteiger partial charge in [0.25, 0.3) is 0 Å². The Morgan fingerprint density at radius 1 is 0.759 bits per heavy atom. The summed E-state index contributed by atoms with van der Waals surface area (Å²) in [5, 5.41) is 0. The maximum absolute atomic E-state index is 2.76. The van der Waals surface area contributed by atoms with Gasteiger partial charge in [-0.1, -0.05) is 67.2 Å². The molecule has 0 bridgehead atoms. The number of hydrogen-bond donors (Lipinski definition) is 0. The molecule has 0 aromatic carbocycles. The summed E-state index contributed by atoms with van der Waals surface area (Å²) in [6.45, 7) is 15.4. The normalized spacial score (nSPS) is 46.7. The molecule has 0 saturated heterocycles. The lowest BCUT2D eigenvalue weighted by atomic mass is 9.44. The van der Waals surface area contributed by atoms with Crippen LogP contribution < -0.4 is 0 Å². The molecule has 0 amide bonds. The Morgan fingerprint density at radius 2 is 1.52 bits per heavy atom. The maximum Gasteiger partial charge on any atom is -0.0264 e. The average molecular weight is 401 g/mol. The van der Waals surface area contributed by atoms with E-state index < -0.39 is 0 Å². The molecule has 4 saturated carbocycles. The van der Waals surface area contributed by atoms with Crippen LogP contribution in [0, 0.1) is 58.2 Å². The highest BCUT2D eigenvalue weighted by Gasteiger charge is 2.60. The fourth-order valence-electron chi connectivity index (χ4n) is 9.96. The molecule has 4 rings (SSSR count). The molecule has 0 heterocycles. The molecule has 0 aliphatic heterocycles. The predicted octanol–water partition coefficient (Wildman–Crippen LogP) is 9.13. The molecule has 0 aromatic rings. The molecule has 0 aromatic heterocycles. The zero-order chi connectivity index (χ0) is 20.8. The van der Waals surface area contributed by atoms with Gasteiger partial charge in [0.05, 0.1) is 0 Å². The topological polar surface area (TPSA) is 0 Å². The molecular formula is C29H52. The van der Waals surface area contributed by atoms with Crippen molar-refractivity contribution in [2.45, 2.75) is 125 Å². The predicted molar refractivity (Wildman–Crippen MR) is 127 cm³/mol. The van der Waals surface area contributed by atoms with E-state index in [-0.39, 0.29) is 0 Å². The molecular weight excluding hydrogens is 348 g/mol. The van der Waals surface area contributed by atoms with Crippen molar-refractivity contribution in [2.24, 2.45) is 58.2 Å². The standard InChI is InChI=1S/C29H52/c1-7-22(20(2)3)12-11-21(4)25-15-16-26-24-14-13-23-10-8-9-18-28(23,5)27(24)17-19-29(25,26)6/h20-27H,7-19H2,1-6H3/t21-,22-,23-,24+,25-,26-,27+,28+,29-/m1/s1. The fraction of sp³-hybridized carbons (Fsp3) is 1.00. The summed E-state index contributed by atoms with van der Waals surface area (Å²) in [5.74, 6) is 8.02. The average Bonchev–Trinajstić information content (AvgIpc) is 3.05. The minimum absolute atomic E-state index is 0.665. The van der Waals surface area contributed by atoms with Crippen LogP contribution in [0.15, 0.2) is 0 Å². The van der Waals surface area contributed by atoms with E-state index in [2.05, 4.69) is 41.5 Å². The number of fused-ring (bicyclic) bond motifs is 5. The Morgan fingerprint density at radius 3 is 2.24 bits per heavy atom. The Labute approximate surface area is 183 Å². The number of hydrogen-bond acceptors (Lipinski definition) is 0. The third-order valence-electron chi connectivity index (χ3n) is 11.8. The minimum atomic E-state index is 0.665. The first-order valence-corrected chi connectivity index (χ1v) is 13.8. The second kappa shape index (κ2) is 8.50. The van der Waals surface area contributed by atoms with Gasteiger partial charge in [0.1, 0.15) is 0 Å². The van der Waals surface area contributed by atoms with Crippen molar-refractivity contribution in [1.82, 2.24) is 0 Å². The van der Waals surface area contributed by atoms with Gasteiger partial charge in [0.15, 0.2) is 0 Å². The van der Waals surface area contributed by atoms with E-state index in [0.29, 0.717) is 10.8 Å². The van der Waals surface area contributed by atoms with Crippen LogP contribution in [0.1, 0.15) is 125 Å². The van der Waals surface area contributed by atoms with E-state index in [1.54, 1.807) is 51.4 Å². The summed E-state index contributed by atoms with van der Waals surface area (Å²) in [7, 11) is 0. The van der Waals surface area contributed by atoms with Crippen LogP contribution in [0.2, 0.25) is 0 Å². The molecule has 0 heteroatoms.